The van der Waals surface area contributed by atoms with E-state index in [9.17, 15) is 43.9 Å². The van der Waals surface area contributed by atoms with Crippen LogP contribution in [0.15, 0.2) is 47.4 Å². The molecule has 0 bridgehead atoms. The number of sulfone groups is 1. The molecular weight excluding hydrogens is 489 g/mol. The largest absolute Gasteiger partial charge is 0.419 e. The summed E-state index contributed by atoms with van der Waals surface area (Å²) in [6.45, 7) is 2.81. The molecule has 1 aliphatic rings. The molecule has 0 aliphatic heterocycles. The van der Waals surface area contributed by atoms with Crippen molar-refractivity contribution in [2.24, 2.45) is 11.8 Å². The molecule has 0 N–H and O–H groups in total. The Bertz CT molecular complexity index is 1190. The second-order valence-corrected chi connectivity index (χ2v) is 11.5. The van der Waals surface area contributed by atoms with E-state index in [1.165, 1.54) is 13.8 Å². The molecule has 0 saturated heterocycles. The SMILES string of the molecule is CC(C)(C1CC(CC(=O)c2ccc(F)c(C(F)(F)F)c2)C1)S(=O)(=O)c1cccc(C(F)(F)F)c1. The van der Waals surface area contributed by atoms with E-state index < -0.39 is 60.5 Å². The first kappa shape index (κ1) is 26.2. The molecule has 0 unspecified atom stereocenters. The van der Waals surface area contributed by atoms with Crippen LogP contribution in [0.2, 0.25) is 0 Å². The van der Waals surface area contributed by atoms with E-state index in [4.69, 9.17) is 0 Å². The van der Waals surface area contributed by atoms with Crippen molar-refractivity contribution in [2.45, 2.75) is 55.1 Å². The molecule has 11 heteroatoms. The first-order valence-corrected chi connectivity index (χ1v) is 11.7. The van der Waals surface area contributed by atoms with Gasteiger partial charge in [0.1, 0.15) is 5.82 Å². The van der Waals surface area contributed by atoms with Gasteiger partial charge in [0.2, 0.25) is 0 Å². The molecule has 2 aromatic carbocycles. The molecule has 0 amide bonds. The average Bonchev–Trinajstić information content (AvgIpc) is 2.68. The van der Waals surface area contributed by atoms with E-state index >= 15 is 0 Å². The zero-order valence-corrected chi connectivity index (χ0v) is 18.9. The maximum absolute atomic E-state index is 13.4. The molecule has 186 valence electrons. The third-order valence-electron chi connectivity index (χ3n) is 6.45. The van der Waals surface area contributed by atoms with Crippen LogP contribution >= 0.6 is 0 Å². The molecule has 2 aromatic rings. The Morgan fingerprint density at radius 3 is 2.12 bits per heavy atom. The van der Waals surface area contributed by atoms with Crippen molar-refractivity contribution < 1.29 is 43.9 Å². The van der Waals surface area contributed by atoms with Crippen LogP contribution in [0.1, 0.15) is 54.6 Å². The van der Waals surface area contributed by atoms with Gasteiger partial charge >= 0.3 is 12.4 Å². The van der Waals surface area contributed by atoms with Crippen molar-refractivity contribution in [3.05, 3.63) is 65.0 Å². The van der Waals surface area contributed by atoms with E-state index in [0.717, 1.165) is 24.3 Å². The molecule has 0 spiro atoms. The average molecular weight is 510 g/mol. The topological polar surface area (TPSA) is 51.2 Å². The van der Waals surface area contributed by atoms with Gasteiger partial charge in [0.15, 0.2) is 15.6 Å². The number of halogens is 7. The number of carbonyl (C=O) groups excluding carboxylic acids is 1. The molecule has 34 heavy (non-hydrogen) atoms. The first-order chi connectivity index (χ1) is 15.4. The summed E-state index contributed by atoms with van der Waals surface area (Å²) >= 11 is 0. The van der Waals surface area contributed by atoms with Crippen LogP contribution < -0.4 is 0 Å². The van der Waals surface area contributed by atoms with Crippen molar-refractivity contribution in [2.75, 3.05) is 0 Å². The standard InChI is InChI=1S/C23H21F7O3S/c1-21(2,34(32,33)17-5-3-4-15(12-17)22(25,26)27)16-8-13(9-16)10-20(31)14-6-7-19(24)18(11-14)23(28,29)30/h3-7,11-13,16H,8-10H2,1-2H3. The Morgan fingerprint density at radius 2 is 1.56 bits per heavy atom. The van der Waals surface area contributed by atoms with Crippen LogP contribution in [-0.4, -0.2) is 18.9 Å². The molecule has 0 heterocycles. The zero-order valence-electron chi connectivity index (χ0n) is 18.1. The van der Waals surface area contributed by atoms with Gasteiger partial charge in [-0.2, -0.15) is 26.3 Å². The number of hydrogen-bond acceptors (Lipinski definition) is 3. The highest BCUT2D eigenvalue weighted by Crippen LogP contribution is 2.48. The second kappa shape index (κ2) is 8.66. The van der Waals surface area contributed by atoms with Crippen molar-refractivity contribution in [1.82, 2.24) is 0 Å². The minimum absolute atomic E-state index is 0.154. The number of hydrogen-bond donors (Lipinski definition) is 0. The van der Waals surface area contributed by atoms with Gasteiger partial charge in [-0.3, -0.25) is 4.79 Å². The fraction of sp³-hybridized carbons (Fsp3) is 0.435. The van der Waals surface area contributed by atoms with Crippen LogP contribution in [0, 0.1) is 17.7 Å². The summed E-state index contributed by atoms with van der Waals surface area (Å²) in [5.74, 6) is -2.90. The van der Waals surface area contributed by atoms with Crippen LogP contribution in [0.4, 0.5) is 30.7 Å². The van der Waals surface area contributed by atoms with E-state index in [1.807, 2.05) is 0 Å². The fourth-order valence-corrected chi connectivity index (χ4v) is 5.91. The lowest BCUT2D eigenvalue weighted by Crippen LogP contribution is -2.46. The lowest BCUT2D eigenvalue weighted by atomic mass is 9.67. The maximum Gasteiger partial charge on any atom is 0.419 e. The third kappa shape index (κ3) is 4.99. The summed E-state index contributed by atoms with van der Waals surface area (Å²) < 4.78 is 116. The number of carbonyl (C=O) groups is 1. The number of Topliss-reactive ketones (excluding diaryl/α,β-unsaturated/α-hetero) is 1. The minimum Gasteiger partial charge on any atom is -0.294 e. The predicted octanol–water partition coefficient (Wildman–Crippen LogP) is 6.71. The highest BCUT2D eigenvalue weighted by atomic mass is 32.2. The predicted molar refractivity (Wildman–Crippen MR) is 109 cm³/mol. The molecule has 1 saturated carbocycles. The normalized spacial score (nSPS) is 19.6. The Hall–Kier alpha value is -2.43. The van der Waals surface area contributed by atoms with E-state index in [-0.39, 0.29) is 30.7 Å². The molecule has 3 rings (SSSR count). The second-order valence-electron chi connectivity index (χ2n) is 8.99. The molecule has 0 radical (unpaired) electrons. The van der Waals surface area contributed by atoms with E-state index in [0.29, 0.717) is 18.2 Å². The molecular formula is C23H21F7O3S. The molecule has 0 aromatic heterocycles. The third-order valence-corrected chi connectivity index (χ3v) is 9.04. The maximum atomic E-state index is 13.4. The number of alkyl halides is 6. The summed E-state index contributed by atoms with van der Waals surface area (Å²) in [5.41, 5.74) is -2.93. The molecule has 1 aliphatic carbocycles. The molecule has 3 nitrogen and oxygen atoms in total. The van der Waals surface area contributed by atoms with Crippen LogP contribution in [-0.2, 0) is 22.2 Å². The smallest absolute Gasteiger partial charge is 0.294 e. The molecule has 0 atom stereocenters. The van der Waals surface area contributed by atoms with Crippen LogP contribution in [0.3, 0.4) is 0 Å². The van der Waals surface area contributed by atoms with Crippen molar-refractivity contribution in [1.29, 1.82) is 0 Å². The van der Waals surface area contributed by atoms with Crippen molar-refractivity contribution >= 4 is 15.6 Å². The van der Waals surface area contributed by atoms with Crippen LogP contribution in [0.5, 0.6) is 0 Å². The lowest BCUT2D eigenvalue weighted by Gasteiger charge is -2.44. The van der Waals surface area contributed by atoms with Crippen LogP contribution in [0.25, 0.3) is 0 Å². The van der Waals surface area contributed by atoms with E-state index in [2.05, 4.69) is 0 Å². The molecule has 1 fully saturated rings. The van der Waals surface area contributed by atoms with Gasteiger partial charge in [-0.25, -0.2) is 12.8 Å². The van der Waals surface area contributed by atoms with Gasteiger partial charge in [-0.05, 0) is 74.9 Å². The highest BCUT2D eigenvalue weighted by Gasteiger charge is 2.49. The zero-order chi connectivity index (χ0) is 25.7. The van der Waals surface area contributed by atoms with Crippen molar-refractivity contribution in [3.63, 3.8) is 0 Å². The summed E-state index contributed by atoms with van der Waals surface area (Å²) in [6, 6.07) is 5.47. The Balaban J connectivity index is 1.71. The van der Waals surface area contributed by atoms with E-state index in [1.54, 1.807) is 0 Å². The number of benzene rings is 2. The summed E-state index contributed by atoms with van der Waals surface area (Å²) in [5, 5.41) is 0. The quantitative estimate of drug-likeness (QED) is 0.321. The van der Waals surface area contributed by atoms with Gasteiger partial charge in [0.25, 0.3) is 0 Å². The lowest BCUT2D eigenvalue weighted by molar-refractivity contribution is -0.140. The van der Waals surface area contributed by atoms with Gasteiger partial charge in [-0.1, -0.05) is 6.07 Å². The van der Waals surface area contributed by atoms with Gasteiger partial charge in [-0.15, -0.1) is 0 Å². The summed E-state index contributed by atoms with van der Waals surface area (Å²) in [7, 11) is -4.16. The van der Waals surface area contributed by atoms with Gasteiger partial charge in [0, 0.05) is 12.0 Å². The Kier molecular flexibility index (Phi) is 6.67. The minimum atomic E-state index is -4.95. The van der Waals surface area contributed by atoms with Crippen molar-refractivity contribution in [3.8, 4) is 0 Å². The fourth-order valence-electron chi connectivity index (χ4n) is 4.13. The monoisotopic (exact) mass is 510 g/mol. The van der Waals surface area contributed by atoms with Gasteiger partial charge in [0.05, 0.1) is 20.8 Å². The van der Waals surface area contributed by atoms with Gasteiger partial charge < -0.3 is 0 Å². The first-order valence-electron chi connectivity index (χ1n) is 10.3. The highest BCUT2D eigenvalue weighted by molar-refractivity contribution is 7.92. The Morgan fingerprint density at radius 1 is 0.941 bits per heavy atom. The number of rotatable bonds is 6. The Labute approximate surface area is 191 Å². The number of ketones is 1. The summed E-state index contributed by atoms with van der Waals surface area (Å²) in [4.78, 5) is 12.0. The summed E-state index contributed by atoms with van der Waals surface area (Å²) in [6.07, 6.45) is -9.30.